The zero-order chi connectivity index (χ0) is 26.9. The smallest absolute Gasteiger partial charge is 0.325 e. The normalized spacial score (nSPS) is 11.3. The number of amides is 3. The number of benzene rings is 1. The maximum atomic E-state index is 13.8. The number of hydrogen-bond donors (Lipinski definition) is 3. The fourth-order valence-electron chi connectivity index (χ4n) is 3.46. The first-order valence-electron chi connectivity index (χ1n) is 11.1. The van der Waals surface area contributed by atoms with Gasteiger partial charge in [-0.15, -0.1) is 0 Å². The summed E-state index contributed by atoms with van der Waals surface area (Å²) in [6.07, 6.45) is 3.12. The highest BCUT2D eigenvalue weighted by molar-refractivity contribution is 7.09. The van der Waals surface area contributed by atoms with E-state index >= 15 is 0 Å². The molecule has 0 bridgehead atoms. The molecule has 2 heterocycles. The lowest BCUT2D eigenvalue weighted by Gasteiger charge is -2.31. The predicted octanol–water partition coefficient (Wildman–Crippen LogP) is 1.29. The lowest BCUT2D eigenvalue weighted by Crippen LogP contribution is -2.44. The number of hydrogen-bond acceptors (Lipinski definition) is 10. The number of nitrogens with zero attached hydrogens (tertiary/aromatic N) is 3. The van der Waals surface area contributed by atoms with Crippen LogP contribution in [0.15, 0.2) is 48.8 Å². The van der Waals surface area contributed by atoms with E-state index in [0.29, 0.717) is 28.4 Å². The summed E-state index contributed by atoms with van der Waals surface area (Å²) in [4.78, 5) is 56.2. The number of esters is 1. The Morgan fingerprint density at radius 3 is 2.46 bits per heavy atom. The molecule has 13 heteroatoms. The van der Waals surface area contributed by atoms with Crippen molar-refractivity contribution < 1.29 is 28.7 Å². The van der Waals surface area contributed by atoms with Crippen molar-refractivity contribution in [3.8, 4) is 5.75 Å². The van der Waals surface area contributed by atoms with E-state index in [1.807, 2.05) is 0 Å². The fourth-order valence-corrected chi connectivity index (χ4v) is 4.22. The van der Waals surface area contributed by atoms with Gasteiger partial charge in [0, 0.05) is 18.9 Å². The third-order valence-corrected chi connectivity index (χ3v) is 6.05. The van der Waals surface area contributed by atoms with Crippen LogP contribution in [0.25, 0.3) is 0 Å². The number of aromatic nitrogens is 2. The predicted molar refractivity (Wildman–Crippen MR) is 135 cm³/mol. The van der Waals surface area contributed by atoms with Crippen molar-refractivity contribution in [2.24, 2.45) is 5.73 Å². The molecule has 0 radical (unpaired) electrons. The van der Waals surface area contributed by atoms with Crippen LogP contribution in [0.4, 0.5) is 5.69 Å². The minimum atomic E-state index is -1.22. The van der Waals surface area contributed by atoms with Gasteiger partial charge in [-0.1, -0.05) is 18.2 Å². The first-order chi connectivity index (χ1) is 17.8. The molecule has 2 aromatic heterocycles. The van der Waals surface area contributed by atoms with Crippen LogP contribution in [0.2, 0.25) is 0 Å². The molecular weight excluding hydrogens is 500 g/mol. The Hall–Kier alpha value is -4.52. The molecule has 0 aliphatic heterocycles. The molecule has 3 rings (SSSR count). The average Bonchev–Trinajstić information content (AvgIpc) is 3.29. The molecule has 3 amide bonds. The Labute approximate surface area is 216 Å². The van der Waals surface area contributed by atoms with E-state index in [2.05, 4.69) is 14.7 Å². The number of nitrogens with two attached hydrogens (primary N) is 2. The van der Waals surface area contributed by atoms with Gasteiger partial charge < -0.3 is 31.2 Å². The third kappa shape index (κ3) is 6.58. The molecule has 194 valence electrons. The third-order valence-electron chi connectivity index (χ3n) is 5.20. The molecule has 1 unspecified atom stereocenters. The maximum Gasteiger partial charge on any atom is 0.325 e. The number of pyridine rings is 1. The molecule has 37 heavy (non-hydrogen) atoms. The van der Waals surface area contributed by atoms with Gasteiger partial charge in [-0.05, 0) is 47.8 Å². The topological polar surface area (TPSA) is 180 Å². The molecule has 1 aromatic carbocycles. The highest BCUT2D eigenvalue weighted by atomic mass is 32.1. The second-order valence-corrected chi connectivity index (χ2v) is 8.40. The minimum absolute atomic E-state index is 0.0561. The Kier molecular flexibility index (Phi) is 9.11. The number of ether oxygens (including phenoxy) is 2. The Balaban J connectivity index is 2.08. The number of carbonyl (C=O) groups excluding carboxylic acids is 4. The van der Waals surface area contributed by atoms with Crippen molar-refractivity contribution in [3.05, 3.63) is 70.5 Å². The van der Waals surface area contributed by atoms with Gasteiger partial charge in [-0.25, -0.2) is 0 Å². The van der Waals surface area contributed by atoms with Crippen LogP contribution >= 0.6 is 11.5 Å². The minimum Gasteiger partial charge on any atom is -0.497 e. The molecule has 5 N–H and O–H groups in total. The van der Waals surface area contributed by atoms with E-state index in [1.165, 1.54) is 12.0 Å². The Bertz CT molecular complexity index is 1260. The first kappa shape index (κ1) is 27.1. The highest BCUT2D eigenvalue weighted by Crippen LogP contribution is 2.31. The molecule has 3 aromatic rings. The van der Waals surface area contributed by atoms with E-state index in [1.54, 1.807) is 55.7 Å². The Morgan fingerprint density at radius 2 is 1.89 bits per heavy atom. The molecule has 12 nitrogen and oxygen atoms in total. The molecule has 0 fully saturated rings. The molecule has 0 spiro atoms. The monoisotopic (exact) mass is 526 g/mol. The van der Waals surface area contributed by atoms with Crippen LogP contribution in [-0.2, 0) is 20.9 Å². The van der Waals surface area contributed by atoms with Crippen molar-refractivity contribution >= 4 is 40.9 Å². The van der Waals surface area contributed by atoms with Crippen molar-refractivity contribution in [2.75, 3.05) is 26.0 Å². The highest BCUT2D eigenvalue weighted by Gasteiger charge is 2.35. The van der Waals surface area contributed by atoms with Crippen LogP contribution in [0.1, 0.15) is 44.3 Å². The van der Waals surface area contributed by atoms with Crippen LogP contribution in [0.3, 0.4) is 0 Å². The molecule has 0 saturated heterocycles. The molecule has 0 aliphatic rings. The van der Waals surface area contributed by atoms with Crippen LogP contribution in [0, 0.1) is 0 Å². The maximum absolute atomic E-state index is 13.8. The molecular formula is C24H26N6O6S. The number of carbonyl (C=O) groups is 4. The largest absolute Gasteiger partial charge is 0.497 e. The summed E-state index contributed by atoms with van der Waals surface area (Å²) in [5.41, 5.74) is 12.0. The molecule has 1 atom stereocenters. The molecule has 0 saturated carbocycles. The Morgan fingerprint density at radius 1 is 1.16 bits per heavy atom. The van der Waals surface area contributed by atoms with Crippen LogP contribution < -0.4 is 21.5 Å². The second-order valence-electron chi connectivity index (χ2n) is 7.63. The summed E-state index contributed by atoms with van der Waals surface area (Å²) in [5.74, 6) is -2.29. The lowest BCUT2D eigenvalue weighted by atomic mass is 10.0. The van der Waals surface area contributed by atoms with Gasteiger partial charge in [-0.2, -0.15) is 4.37 Å². The number of nitrogen functional groups attached to an aromatic ring is 1. The zero-order valence-electron chi connectivity index (χ0n) is 20.2. The van der Waals surface area contributed by atoms with E-state index < -0.39 is 36.3 Å². The molecule has 0 aliphatic carbocycles. The first-order valence-corrected chi connectivity index (χ1v) is 11.9. The van der Waals surface area contributed by atoms with Crippen LogP contribution in [-0.4, -0.2) is 58.2 Å². The van der Waals surface area contributed by atoms with E-state index in [-0.39, 0.29) is 29.4 Å². The van der Waals surface area contributed by atoms with E-state index in [4.69, 9.17) is 20.9 Å². The van der Waals surface area contributed by atoms with E-state index in [9.17, 15) is 19.2 Å². The van der Waals surface area contributed by atoms with Gasteiger partial charge in [-0.3, -0.25) is 24.2 Å². The van der Waals surface area contributed by atoms with Gasteiger partial charge >= 0.3 is 5.97 Å². The fraction of sp³-hybridized carbons (Fsp3) is 0.250. The van der Waals surface area contributed by atoms with Gasteiger partial charge in [0.1, 0.15) is 23.2 Å². The van der Waals surface area contributed by atoms with Crippen molar-refractivity contribution in [2.45, 2.75) is 19.5 Å². The summed E-state index contributed by atoms with van der Waals surface area (Å²) < 4.78 is 14.0. The summed E-state index contributed by atoms with van der Waals surface area (Å²) in [5, 5.41) is 2.53. The lowest BCUT2D eigenvalue weighted by molar-refractivity contribution is -0.143. The second kappa shape index (κ2) is 12.4. The summed E-state index contributed by atoms with van der Waals surface area (Å²) in [6.45, 7) is 1.34. The zero-order valence-corrected chi connectivity index (χ0v) is 21.0. The standard InChI is InChI=1S/C24H26N6O6S/c1-3-36-17(31)12-28-23(33)20(15-6-8-16(35-2)9-7-15)30(13-14-5-4-10-27-11-14)24(34)21-18(25)19(22(26)32)29-37-21/h4-11,20H,3,12-13,25H2,1-2H3,(H2,26,32)(H,28,33). The van der Waals surface area contributed by atoms with E-state index in [0.717, 1.165) is 0 Å². The summed E-state index contributed by atoms with van der Waals surface area (Å²) >= 11 is 0.698. The summed E-state index contributed by atoms with van der Waals surface area (Å²) in [7, 11) is 1.50. The number of primary amides is 1. The van der Waals surface area contributed by atoms with Gasteiger partial charge in [0.2, 0.25) is 5.91 Å². The SMILES string of the molecule is CCOC(=O)CNC(=O)C(c1ccc(OC)cc1)N(Cc1cccnc1)C(=O)c1snc(C(N)=O)c1N. The van der Waals surface area contributed by atoms with Crippen LogP contribution in [0.5, 0.6) is 5.75 Å². The van der Waals surface area contributed by atoms with Crippen molar-refractivity contribution in [3.63, 3.8) is 0 Å². The van der Waals surface area contributed by atoms with Crippen molar-refractivity contribution in [1.82, 2.24) is 19.6 Å². The van der Waals surface area contributed by atoms with Gasteiger partial charge in [0.15, 0.2) is 5.69 Å². The van der Waals surface area contributed by atoms with Gasteiger partial charge in [0.25, 0.3) is 11.8 Å². The number of rotatable bonds is 11. The number of anilines is 1. The van der Waals surface area contributed by atoms with Gasteiger partial charge in [0.05, 0.1) is 19.4 Å². The number of methoxy groups -OCH3 is 1. The quantitative estimate of drug-likeness (QED) is 0.310. The number of nitrogens with one attached hydrogen (secondary N) is 1. The average molecular weight is 527 g/mol. The van der Waals surface area contributed by atoms with Crippen molar-refractivity contribution in [1.29, 1.82) is 0 Å². The summed E-state index contributed by atoms with van der Waals surface area (Å²) in [6, 6.07) is 8.74.